The van der Waals surface area contributed by atoms with Crippen molar-refractivity contribution >= 4 is 23.2 Å². The number of carbonyl (C=O) groups is 1. The van der Waals surface area contributed by atoms with Crippen LogP contribution in [0.1, 0.15) is 48.6 Å². The SMILES string of the molecule is CCN(CC)CC(=O)N1N=C(c2ccc(C)c(C)c2)C[C@@H]1c1ccccc1Cl. The van der Waals surface area contributed by atoms with Crippen LogP contribution in [0.4, 0.5) is 0 Å². The van der Waals surface area contributed by atoms with Gasteiger partial charge in [0.1, 0.15) is 0 Å². The van der Waals surface area contributed by atoms with Crippen LogP contribution in [0.25, 0.3) is 0 Å². The van der Waals surface area contributed by atoms with Gasteiger partial charge in [0.2, 0.25) is 0 Å². The molecule has 28 heavy (non-hydrogen) atoms. The van der Waals surface area contributed by atoms with Crippen LogP contribution in [0.5, 0.6) is 0 Å². The van der Waals surface area contributed by atoms with Crippen LogP contribution < -0.4 is 0 Å². The molecular weight excluding hydrogens is 370 g/mol. The Balaban J connectivity index is 1.96. The Bertz CT molecular complexity index is 889. The van der Waals surface area contributed by atoms with Crippen molar-refractivity contribution in [2.24, 2.45) is 5.10 Å². The van der Waals surface area contributed by atoms with E-state index >= 15 is 0 Å². The van der Waals surface area contributed by atoms with Gasteiger partial charge in [0.05, 0.1) is 18.3 Å². The first-order chi connectivity index (χ1) is 13.4. The molecule has 3 rings (SSSR count). The van der Waals surface area contributed by atoms with E-state index in [0.717, 1.165) is 29.9 Å². The third kappa shape index (κ3) is 4.29. The Morgan fingerprint density at radius 3 is 2.50 bits per heavy atom. The Kier molecular flexibility index (Phi) is 6.53. The molecule has 4 nitrogen and oxygen atoms in total. The molecule has 0 saturated heterocycles. The van der Waals surface area contributed by atoms with Crippen LogP contribution in [0.3, 0.4) is 0 Å². The van der Waals surface area contributed by atoms with Gasteiger partial charge in [0.15, 0.2) is 0 Å². The molecule has 1 atom stereocenters. The van der Waals surface area contributed by atoms with Crippen molar-refractivity contribution in [2.45, 2.75) is 40.2 Å². The average Bonchev–Trinajstić information content (AvgIpc) is 3.13. The minimum Gasteiger partial charge on any atom is -0.295 e. The second-order valence-electron chi connectivity index (χ2n) is 7.29. The molecular formula is C23H28ClN3O. The van der Waals surface area contributed by atoms with Gasteiger partial charge in [-0.25, -0.2) is 5.01 Å². The van der Waals surface area contributed by atoms with Gasteiger partial charge in [0.25, 0.3) is 5.91 Å². The molecule has 5 heteroatoms. The number of hydrogen-bond acceptors (Lipinski definition) is 3. The number of hydrazone groups is 1. The first kappa shape index (κ1) is 20.6. The number of hydrogen-bond donors (Lipinski definition) is 0. The Morgan fingerprint density at radius 2 is 1.86 bits per heavy atom. The molecule has 1 aliphatic rings. The standard InChI is InChI=1S/C23H28ClN3O/c1-5-26(6-2)15-23(28)27-22(19-9-7-8-10-20(19)24)14-21(25-27)18-12-11-16(3)17(4)13-18/h7-13,22H,5-6,14-15H2,1-4H3/t22-/m1/s1. The van der Waals surface area contributed by atoms with Crippen LogP contribution in [0, 0.1) is 13.8 Å². The number of benzene rings is 2. The molecule has 1 heterocycles. The summed E-state index contributed by atoms with van der Waals surface area (Å²) in [6.45, 7) is 10.4. The highest BCUT2D eigenvalue weighted by molar-refractivity contribution is 6.31. The molecule has 0 unspecified atom stereocenters. The summed E-state index contributed by atoms with van der Waals surface area (Å²) in [7, 11) is 0. The third-order valence-corrected chi connectivity index (χ3v) is 5.87. The number of aryl methyl sites for hydroxylation is 2. The molecule has 2 aromatic carbocycles. The second kappa shape index (κ2) is 8.89. The van der Waals surface area contributed by atoms with Gasteiger partial charge in [-0.1, -0.05) is 55.8 Å². The fraction of sp³-hybridized carbons (Fsp3) is 0.391. The van der Waals surface area contributed by atoms with E-state index in [1.165, 1.54) is 11.1 Å². The summed E-state index contributed by atoms with van der Waals surface area (Å²) in [4.78, 5) is 15.2. The van der Waals surface area contributed by atoms with Crippen LogP contribution in [-0.4, -0.2) is 41.2 Å². The van der Waals surface area contributed by atoms with Gasteiger partial charge in [-0.2, -0.15) is 5.10 Å². The van der Waals surface area contributed by atoms with Gasteiger partial charge < -0.3 is 0 Å². The van der Waals surface area contributed by atoms with E-state index in [0.29, 0.717) is 18.0 Å². The molecule has 0 bridgehead atoms. The fourth-order valence-electron chi connectivity index (χ4n) is 3.53. The van der Waals surface area contributed by atoms with E-state index in [-0.39, 0.29) is 11.9 Å². The highest BCUT2D eigenvalue weighted by Gasteiger charge is 2.34. The summed E-state index contributed by atoms with van der Waals surface area (Å²) in [6, 6.07) is 13.9. The fourth-order valence-corrected chi connectivity index (χ4v) is 3.80. The van der Waals surface area contributed by atoms with Gasteiger partial charge in [-0.15, -0.1) is 0 Å². The van der Waals surface area contributed by atoms with Gasteiger partial charge in [-0.05, 0) is 61.3 Å². The zero-order valence-electron chi connectivity index (χ0n) is 17.1. The van der Waals surface area contributed by atoms with E-state index in [2.05, 4.69) is 50.8 Å². The van der Waals surface area contributed by atoms with E-state index in [1.807, 2.05) is 24.3 Å². The summed E-state index contributed by atoms with van der Waals surface area (Å²) in [5.74, 6) is 0.00690. The number of halogens is 1. The summed E-state index contributed by atoms with van der Waals surface area (Å²) in [6.07, 6.45) is 0.663. The number of carbonyl (C=O) groups excluding carboxylic acids is 1. The van der Waals surface area contributed by atoms with E-state index in [4.69, 9.17) is 16.7 Å². The molecule has 0 aliphatic carbocycles. The van der Waals surface area contributed by atoms with E-state index in [1.54, 1.807) is 5.01 Å². The maximum atomic E-state index is 13.1. The molecule has 1 aliphatic heterocycles. The van der Waals surface area contributed by atoms with Crippen molar-refractivity contribution in [3.63, 3.8) is 0 Å². The minimum absolute atomic E-state index is 0.00690. The molecule has 1 amide bonds. The molecule has 148 valence electrons. The van der Waals surface area contributed by atoms with Crippen molar-refractivity contribution in [2.75, 3.05) is 19.6 Å². The van der Waals surface area contributed by atoms with Gasteiger partial charge >= 0.3 is 0 Å². The molecule has 0 saturated carbocycles. The van der Waals surface area contributed by atoms with Crippen molar-refractivity contribution in [3.05, 3.63) is 69.7 Å². The van der Waals surface area contributed by atoms with Crippen molar-refractivity contribution < 1.29 is 4.79 Å². The molecule has 0 aromatic heterocycles. The summed E-state index contributed by atoms with van der Waals surface area (Å²) in [5.41, 5.74) is 5.42. The van der Waals surface area contributed by atoms with Crippen LogP contribution in [0.15, 0.2) is 47.6 Å². The van der Waals surface area contributed by atoms with Crippen LogP contribution >= 0.6 is 11.6 Å². The van der Waals surface area contributed by atoms with E-state index < -0.39 is 0 Å². The first-order valence-corrected chi connectivity index (χ1v) is 10.3. The monoisotopic (exact) mass is 397 g/mol. The Morgan fingerprint density at radius 1 is 1.14 bits per heavy atom. The smallest absolute Gasteiger partial charge is 0.257 e. The van der Waals surface area contributed by atoms with Crippen molar-refractivity contribution in [3.8, 4) is 0 Å². The molecule has 0 N–H and O–H groups in total. The third-order valence-electron chi connectivity index (χ3n) is 5.52. The summed E-state index contributed by atoms with van der Waals surface area (Å²) < 4.78 is 0. The zero-order valence-corrected chi connectivity index (χ0v) is 17.8. The summed E-state index contributed by atoms with van der Waals surface area (Å²) >= 11 is 6.48. The highest BCUT2D eigenvalue weighted by Crippen LogP contribution is 2.36. The van der Waals surface area contributed by atoms with E-state index in [9.17, 15) is 4.79 Å². The zero-order chi connectivity index (χ0) is 20.3. The lowest BCUT2D eigenvalue weighted by atomic mass is 9.96. The maximum Gasteiger partial charge on any atom is 0.257 e. The number of amides is 1. The number of nitrogens with zero attached hydrogens (tertiary/aromatic N) is 3. The van der Waals surface area contributed by atoms with Gasteiger partial charge in [0, 0.05) is 11.4 Å². The molecule has 0 radical (unpaired) electrons. The Hall–Kier alpha value is -2.17. The summed E-state index contributed by atoms with van der Waals surface area (Å²) in [5, 5.41) is 7.08. The maximum absolute atomic E-state index is 13.1. The second-order valence-corrected chi connectivity index (χ2v) is 7.69. The Labute approximate surface area is 172 Å². The van der Waals surface area contributed by atoms with Crippen molar-refractivity contribution in [1.29, 1.82) is 0 Å². The lowest BCUT2D eigenvalue weighted by Gasteiger charge is -2.26. The quantitative estimate of drug-likeness (QED) is 0.689. The van der Waals surface area contributed by atoms with Crippen molar-refractivity contribution in [1.82, 2.24) is 9.91 Å². The molecule has 0 spiro atoms. The minimum atomic E-state index is -0.173. The van der Waals surface area contributed by atoms with Gasteiger partial charge in [-0.3, -0.25) is 9.69 Å². The predicted octanol–water partition coefficient (Wildman–Crippen LogP) is 4.98. The van der Waals surface area contributed by atoms with Crippen LogP contribution in [0.2, 0.25) is 5.02 Å². The largest absolute Gasteiger partial charge is 0.295 e. The average molecular weight is 398 g/mol. The lowest BCUT2D eigenvalue weighted by molar-refractivity contribution is -0.134. The highest BCUT2D eigenvalue weighted by atomic mass is 35.5. The lowest BCUT2D eigenvalue weighted by Crippen LogP contribution is -2.38. The molecule has 0 fully saturated rings. The topological polar surface area (TPSA) is 35.9 Å². The predicted molar refractivity (Wildman–Crippen MR) is 116 cm³/mol. The molecule has 2 aromatic rings. The number of likely N-dealkylation sites (N-methyl/N-ethyl adjacent to an activating group) is 1. The number of rotatable bonds is 6. The normalized spacial score (nSPS) is 16.6. The van der Waals surface area contributed by atoms with Crippen LogP contribution in [-0.2, 0) is 4.79 Å². The first-order valence-electron chi connectivity index (χ1n) is 9.88.